The number of benzene rings is 1. The topological polar surface area (TPSA) is 88.8 Å². The first-order chi connectivity index (χ1) is 12.6. The molecule has 1 saturated carbocycles. The summed E-state index contributed by atoms with van der Waals surface area (Å²) in [7, 11) is 0. The summed E-state index contributed by atoms with van der Waals surface area (Å²) in [5, 5.41) is 13.9. The Bertz CT molecular complexity index is 854. The molecule has 3 rings (SSSR count). The fraction of sp³-hybridized carbons (Fsp3) is 0.500. The van der Waals surface area contributed by atoms with Crippen LogP contribution in [-0.2, 0) is 9.53 Å². The standard InChI is InChI=1S/C20H24BrNO5/c1-20(2,3)27-19(25)12-6-13(15(23)8-12)10-22-18(24)17-9-11-7-14(21)4-5-16(11)26-17/h4-5,7,9,12-13,15,23H,6,8,10H2,1-3H3,(H,22,24)/t12-,13+,15+/m0/s1. The molecule has 2 aromatic rings. The van der Waals surface area contributed by atoms with Crippen molar-refractivity contribution < 1.29 is 23.8 Å². The van der Waals surface area contributed by atoms with Gasteiger partial charge in [0.15, 0.2) is 5.76 Å². The molecule has 1 aliphatic carbocycles. The van der Waals surface area contributed by atoms with E-state index >= 15 is 0 Å². The van der Waals surface area contributed by atoms with Crippen LogP contribution >= 0.6 is 15.9 Å². The lowest BCUT2D eigenvalue weighted by Gasteiger charge is -2.22. The van der Waals surface area contributed by atoms with E-state index in [9.17, 15) is 14.7 Å². The Kier molecular flexibility index (Phi) is 5.63. The zero-order chi connectivity index (χ0) is 19.8. The third-order valence-electron chi connectivity index (χ3n) is 4.62. The third kappa shape index (κ3) is 4.90. The van der Waals surface area contributed by atoms with Gasteiger partial charge >= 0.3 is 5.97 Å². The second kappa shape index (κ2) is 7.64. The average Bonchev–Trinajstić information content (AvgIpc) is 3.14. The highest BCUT2D eigenvalue weighted by molar-refractivity contribution is 9.10. The van der Waals surface area contributed by atoms with Gasteiger partial charge in [-0.2, -0.15) is 0 Å². The maximum Gasteiger partial charge on any atom is 0.309 e. The Morgan fingerprint density at radius 1 is 1.30 bits per heavy atom. The molecular formula is C20H24BrNO5. The molecule has 1 amide bonds. The van der Waals surface area contributed by atoms with Crippen molar-refractivity contribution in [2.24, 2.45) is 11.8 Å². The van der Waals surface area contributed by atoms with Crippen molar-refractivity contribution in [2.45, 2.75) is 45.3 Å². The number of esters is 1. The molecule has 0 spiro atoms. The number of carbonyl (C=O) groups is 2. The maximum absolute atomic E-state index is 12.4. The Hall–Kier alpha value is -1.86. The van der Waals surface area contributed by atoms with Gasteiger partial charge in [0.05, 0.1) is 12.0 Å². The zero-order valence-corrected chi connectivity index (χ0v) is 17.2. The lowest BCUT2D eigenvalue weighted by molar-refractivity contribution is -0.160. The molecule has 0 unspecified atom stereocenters. The number of aliphatic hydroxyl groups is 1. The molecule has 1 heterocycles. The molecule has 1 aromatic carbocycles. The van der Waals surface area contributed by atoms with Crippen LogP contribution in [-0.4, -0.2) is 35.2 Å². The van der Waals surface area contributed by atoms with Crippen LogP contribution in [0, 0.1) is 11.8 Å². The van der Waals surface area contributed by atoms with E-state index in [0.717, 1.165) is 9.86 Å². The van der Waals surface area contributed by atoms with E-state index in [1.54, 1.807) is 12.1 Å². The quantitative estimate of drug-likeness (QED) is 0.712. The Morgan fingerprint density at radius 2 is 2.04 bits per heavy atom. The van der Waals surface area contributed by atoms with Crippen molar-refractivity contribution in [1.29, 1.82) is 0 Å². The number of furan rings is 1. The lowest BCUT2D eigenvalue weighted by atomic mass is 10.0. The summed E-state index contributed by atoms with van der Waals surface area (Å²) in [5.41, 5.74) is 0.0826. The van der Waals surface area contributed by atoms with Crippen molar-refractivity contribution in [2.75, 3.05) is 6.54 Å². The van der Waals surface area contributed by atoms with Crippen LogP contribution in [0.1, 0.15) is 44.2 Å². The number of hydrogen-bond acceptors (Lipinski definition) is 5. The number of carbonyl (C=O) groups excluding carboxylic acids is 2. The van der Waals surface area contributed by atoms with Crippen molar-refractivity contribution in [3.8, 4) is 0 Å². The van der Waals surface area contributed by atoms with Crippen LogP contribution in [0.3, 0.4) is 0 Å². The normalized spacial score (nSPS) is 22.8. The predicted octanol–water partition coefficient (Wildman–Crippen LogP) is 3.65. The minimum atomic E-state index is -0.644. The molecule has 27 heavy (non-hydrogen) atoms. The SMILES string of the molecule is CC(C)(C)OC(=O)[C@H]1C[C@H](CNC(=O)c2cc3cc(Br)ccc3o2)[C@H](O)C1. The van der Waals surface area contributed by atoms with Gasteiger partial charge in [0.1, 0.15) is 11.2 Å². The number of ether oxygens (including phenoxy) is 1. The number of fused-ring (bicyclic) bond motifs is 1. The van der Waals surface area contributed by atoms with E-state index in [0.29, 0.717) is 18.4 Å². The molecule has 146 valence electrons. The Balaban J connectivity index is 1.57. The van der Waals surface area contributed by atoms with Gasteiger partial charge in [-0.05, 0) is 57.9 Å². The van der Waals surface area contributed by atoms with Crippen molar-refractivity contribution in [3.05, 3.63) is 34.5 Å². The molecule has 0 aliphatic heterocycles. The Labute approximate surface area is 166 Å². The Morgan fingerprint density at radius 3 is 2.74 bits per heavy atom. The van der Waals surface area contributed by atoms with Gasteiger partial charge in [-0.25, -0.2) is 0 Å². The first-order valence-corrected chi connectivity index (χ1v) is 9.80. The lowest BCUT2D eigenvalue weighted by Crippen LogP contribution is -2.32. The highest BCUT2D eigenvalue weighted by Crippen LogP contribution is 2.33. The van der Waals surface area contributed by atoms with Gasteiger partial charge in [0.25, 0.3) is 5.91 Å². The number of nitrogens with one attached hydrogen (secondary N) is 1. The van der Waals surface area contributed by atoms with Crippen molar-refractivity contribution in [3.63, 3.8) is 0 Å². The number of halogens is 1. The fourth-order valence-corrected chi connectivity index (χ4v) is 3.72. The summed E-state index contributed by atoms with van der Waals surface area (Å²) >= 11 is 3.39. The molecule has 3 atom stereocenters. The monoisotopic (exact) mass is 437 g/mol. The van der Waals surface area contributed by atoms with Gasteiger partial charge in [0, 0.05) is 22.3 Å². The molecular weight excluding hydrogens is 414 g/mol. The third-order valence-corrected chi connectivity index (χ3v) is 5.12. The van der Waals surface area contributed by atoms with Crippen LogP contribution in [0.2, 0.25) is 0 Å². The fourth-order valence-electron chi connectivity index (χ4n) is 3.34. The van der Waals surface area contributed by atoms with Crippen LogP contribution in [0.4, 0.5) is 0 Å². The smallest absolute Gasteiger partial charge is 0.309 e. The summed E-state index contributed by atoms with van der Waals surface area (Å²) in [4.78, 5) is 24.6. The summed E-state index contributed by atoms with van der Waals surface area (Å²) < 4.78 is 11.9. The number of aliphatic hydroxyl groups excluding tert-OH is 1. The molecule has 0 saturated heterocycles. The second-order valence-electron chi connectivity index (χ2n) is 8.03. The van der Waals surface area contributed by atoms with Crippen molar-refractivity contribution >= 4 is 38.8 Å². The molecule has 6 nitrogen and oxygen atoms in total. The van der Waals surface area contributed by atoms with Crippen LogP contribution in [0.15, 0.2) is 33.2 Å². The van der Waals surface area contributed by atoms with Gasteiger partial charge in [-0.3, -0.25) is 9.59 Å². The largest absolute Gasteiger partial charge is 0.460 e. The van der Waals surface area contributed by atoms with Crippen LogP contribution in [0.5, 0.6) is 0 Å². The molecule has 2 N–H and O–H groups in total. The summed E-state index contributed by atoms with van der Waals surface area (Å²) in [5.74, 6) is -0.942. The molecule has 1 aliphatic rings. The van der Waals surface area contributed by atoms with E-state index in [-0.39, 0.29) is 36.0 Å². The average molecular weight is 438 g/mol. The van der Waals surface area contributed by atoms with Gasteiger partial charge in [0.2, 0.25) is 0 Å². The predicted molar refractivity (Wildman–Crippen MR) is 104 cm³/mol. The summed E-state index contributed by atoms with van der Waals surface area (Å²) in [6.07, 6.45) is 0.201. The van der Waals surface area contributed by atoms with Crippen molar-refractivity contribution in [1.82, 2.24) is 5.32 Å². The minimum absolute atomic E-state index is 0.190. The second-order valence-corrected chi connectivity index (χ2v) is 8.95. The first kappa shape index (κ1) is 19.9. The maximum atomic E-state index is 12.4. The highest BCUT2D eigenvalue weighted by atomic mass is 79.9. The van der Waals surface area contributed by atoms with Gasteiger partial charge in [-0.1, -0.05) is 15.9 Å². The molecule has 0 radical (unpaired) electrons. The van der Waals surface area contributed by atoms with E-state index in [4.69, 9.17) is 9.15 Å². The molecule has 0 bridgehead atoms. The van der Waals surface area contributed by atoms with Crippen LogP contribution < -0.4 is 5.32 Å². The van der Waals surface area contributed by atoms with Gasteiger partial charge < -0.3 is 19.6 Å². The number of rotatable bonds is 4. The van der Waals surface area contributed by atoms with Crippen LogP contribution in [0.25, 0.3) is 11.0 Å². The van der Waals surface area contributed by atoms with E-state index in [1.807, 2.05) is 32.9 Å². The van der Waals surface area contributed by atoms with E-state index < -0.39 is 11.7 Å². The zero-order valence-electron chi connectivity index (χ0n) is 15.6. The van der Waals surface area contributed by atoms with E-state index in [1.165, 1.54) is 0 Å². The minimum Gasteiger partial charge on any atom is -0.460 e. The van der Waals surface area contributed by atoms with E-state index in [2.05, 4.69) is 21.2 Å². The molecule has 7 heteroatoms. The van der Waals surface area contributed by atoms with Gasteiger partial charge in [-0.15, -0.1) is 0 Å². The molecule has 1 fully saturated rings. The number of amides is 1. The highest BCUT2D eigenvalue weighted by Gasteiger charge is 2.39. The summed E-state index contributed by atoms with van der Waals surface area (Å²) in [6.45, 7) is 5.74. The summed E-state index contributed by atoms with van der Waals surface area (Å²) in [6, 6.07) is 7.20. The molecule has 1 aromatic heterocycles. The number of hydrogen-bond donors (Lipinski definition) is 2. The first-order valence-electron chi connectivity index (χ1n) is 9.00.